The van der Waals surface area contributed by atoms with Crippen LogP contribution in [0.4, 0.5) is 4.39 Å². The van der Waals surface area contributed by atoms with Crippen molar-refractivity contribution in [3.63, 3.8) is 0 Å². The molecule has 0 aliphatic heterocycles. The van der Waals surface area contributed by atoms with Gasteiger partial charge in [-0.25, -0.2) is 4.39 Å². The SMILES string of the molecule is Cc1cccc(OC2CC(O)C23CCCC3)c1F. The third-order valence-corrected chi connectivity index (χ3v) is 4.70. The second-order valence-corrected chi connectivity index (χ2v) is 5.69. The fraction of sp³-hybridized carbons (Fsp3) is 0.600. The van der Waals surface area contributed by atoms with E-state index in [1.54, 1.807) is 19.1 Å². The molecule has 3 heteroatoms. The summed E-state index contributed by atoms with van der Waals surface area (Å²) in [7, 11) is 0. The van der Waals surface area contributed by atoms with Crippen molar-refractivity contribution in [1.82, 2.24) is 0 Å². The molecule has 2 aliphatic rings. The van der Waals surface area contributed by atoms with Crippen molar-refractivity contribution >= 4 is 0 Å². The van der Waals surface area contributed by atoms with Crippen LogP contribution < -0.4 is 4.74 Å². The molecule has 0 bridgehead atoms. The number of aliphatic hydroxyl groups is 1. The Bertz CT molecular complexity index is 452. The lowest BCUT2D eigenvalue weighted by molar-refractivity contribution is -0.152. The van der Waals surface area contributed by atoms with Gasteiger partial charge in [0.05, 0.1) is 6.10 Å². The zero-order chi connectivity index (χ0) is 12.8. The number of rotatable bonds is 2. The van der Waals surface area contributed by atoms with Crippen molar-refractivity contribution in [3.8, 4) is 5.75 Å². The van der Waals surface area contributed by atoms with Gasteiger partial charge in [-0.1, -0.05) is 25.0 Å². The average molecular weight is 250 g/mol. The van der Waals surface area contributed by atoms with Crippen molar-refractivity contribution in [3.05, 3.63) is 29.6 Å². The van der Waals surface area contributed by atoms with Crippen molar-refractivity contribution < 1.29 is 14.2 Å². The van der Waals surface area contributed by atoms with Crippen molar-refractivity contribution in [1.29, 1.82) is 0 Å². The van der Waals surface area contributed by atoms with Crippen LogP contribution in [0.1, 0.15) is 37.7 Å². The summed E-state index contributed by atoms with van der Waals surface area (Å²) in [6, 6.07) is 5.23. The number of hydrogen-bond acceptors (Lipinski definition) is 2. The van der Waals surface area contributed by atoms with Crippen LogP contribution in [-0.2, 0) is 0 Å². The van der Waals surface area contributed by atoms with Gasteiger partial charge in [-0.05, 0) is 31.4 Å². The summed E-state index contributed by atoms with van der Waals surface area (Å²) >= 11 is 0. The van der Waals surface area contributed by atoms with Gasteiger partial charge in [0.25, 0.3) is 0 Å². The van der Waals surface area contributed by atoms with E-state index in [1.165, 1.54) is 0 Å². The predicted octanol–water partition coefficient (Wildman–Crippen LogP) is 3.21. The van der Waals surface area contributed by atoms with Gasteiger partial charge in [0.2, 0.25) is 0 Å². The van der Waals surface area contributed by atoms with E-state index in [0.29, 0.717) is 17.7 Å². The summed E-state index contributed by atoms with van der Waals surface area (Å²) in [6.07, 6.45) is 4.65. The minimum Gasteiger partial charge on any atom is -0.487 e. The lowest BCUT2D eigenvalue weighted by Crippen LogP contribution is -2.58. The molecule has 1 spiro atoms. The minimum absolute atomic E-state index is 0.0219. The quantitative estimate of drug-likeness (QED) is 0.873. The molecule has 2 unspecified atom stereocenters. The van der Waals surface area contributed by atoms with Crippen LogP contribution in [0.2, 0.25) is 0 Å². The van der Waals surface area contributed by atoms with Gasteiger partial charge in [-0.3, -0.25) is 0 Å². The van der Waals surface area contributed by atoms with Gasteiger partial charge in [0, 0.05) is 11.8 Å². The highest BCUT2D eigenvalue weighted by atomic mass is 19.1. The molecular weight excluding hydrogens is 231 g/mol. The van der Waals surface area contributed by atoms with Gasteiger partial charge in [0.15, 0.2) is 11.6 Å². The lowest BCUT2D eigenvalue weighted by atomic mass is 9.62. The highest BCUT2D eigenvalue weighted by Crippen LogP contribution is 2.54. The molecule has 18 heavy (non-hydrogen) atoms. The summed E-state index contributed by atoms with van der Waals surface area (Å²) < 4.78 is 19.7. The molecule has 2 nitrogen and oxygen atoms in total. The maximum Gasteiger partial charge on any atom is 0.167 e. The molecule has 1 aromatic rings. The third kappa shape index (κ3) is 1.64. The molecule has 98 valence electrons. The zero-order valence-corrected chi connectivity index (χ0v) is 10.7. The molecule has 1 N–H and O–H groups in total. The smallest absolute Gasteiger partial charge is 0.167 e. The summed E-state index contributed by atoms with van der Waals surface area (Å²) in [6.45, 7) is 1.74. The monoisotopic (exact) mass is 250 g/mol. The van der Waals surface area contributed by atoms with E-state index >= 15 is 0 Å². The predicted molar refractivity (Wildman–Crippen MR) is 67.1 cm³/mol. The highest BCUT2D eigenvalue weighted by molar-refractivity contribution is 5.31. The number of hydrogen-bond donors (Lipinski definition) is 1. The fourth-order valence-electron chi connectivity index (χ4n) is 3.44. The number of aryl methyl sites for hydroxylation is 1. The highest BCUT2D eigenvalue weighted by Gasteiger charge is 2.57. The number of ether oxygens (including phenoxy) is 1. The normalized spacial score (nSPS) is 29.3. The Morgan fingerprint density at radius 3 is 2.72 bits per heavy atom. The summed E-state index contributed by atoms with van der Waals surface area (Å²) in [5.74, 6) is 0.0604. The fourth-order valence-corrected chi connectivity index (χ4v) is 3.44. The van der Waals surface area contributed by atoms with E-state index in [-0.39, 0.29) is 23.4 Å². The van der Waals surface area contributed by atoms with Gasteiger partial charge < -0.3 is 9.84 Å². The molecule has 0 radical (unpaired) electrons. The molecule has 0 aromatic heterocycles. The molecule has 2 atom stereocenters. The summed E-state index contributed by atoms with van der Waals surface area (Å²) in [5, 5.41) is 10.00. The second kappa shape index (κ2) is 4.23. The first-order valence-electron chi connectivity index (χ1n) is 6.73. The number of benzene rings is 1. The summed E-state index contributed by atoms with van der Waals surface area (Å²) in [4.78, 5) is 0. The molecule has 0 heterocycles. The number of aliphatic hydroxyl groups excluding tert-OH is 1. The standard InChI is InChI=1S/C15H19FO2/c1-10-5-4-6-11(14(10)16)18-13-9-12(17)15(13)7-2-3-8-15/h4-6,12-13,17H,2-3,7-9H2,1H3. The molecule has 3 rings (SSSR count). The first kappa shape index (κ1) is 12.0. The first-order valence-corrected chi connectivity index (χ1v) is 6.73. The number of halogens is 1. The van der Waals surface area contributed by atoms with Gasteiger partial charge >= 0.3 is 0 Å². The van der Waals surface area contributed by atoms with Crippen LogP contribution in [0.3, 0.4) is 0 Å². The van der Waals surface area contributed by atoms with E-state index in [4.69, 9.17) is 4.74 Å². The molecule has 2 aliphatic carbocycles. The Hall–Kier alpha value is -1.09. The third-order valence-electron chi connectivity index (χ3n) is 4.70. The van der Waals surface area contributed by atoms with Crippen molar-refractivity contribution in [2.75, 3.05) is 0 Å². The lowest BCUT2D eigenvalue weighted by Gasteiger charge is -2.51. The molecule has 1 aromatic carbocycles. The van der Waals surface area contributed by atoms with Crippen LogP contribution in [0.15, 0.2) is 18.2 Å². The van der Waals surface area contributed by atoms with Crippen LogP contribution in [0.5, 0.6) is 5.75 Å². The van der Waals surface area contributed by atoms with Gasteiger partial charge in [-0.15, -0.1) is 0 Å². The Labute approximate surface area is 107 Å². The Morgan fingerprint density at radius 2 is 2.06 bits per heavy atom. The van der Waals surface area contributed by atoms with Crippen LogP contribution in [0.25, 0.3) is 0 Å². The summed E-state index contributed by atoms with van der Waals surface area (Å²) in [5.41, 5.74) is 0.503. The van der Waals surface area contributed by atoms with E-state index in [1.807, 2.05) is 6.07 Å². The minimum atomic E-state index is -0.271. The van der Waals surface area contributed by atoms with Gasteiger partial charge in [-0.2, -0.15) is 0 Å². The Kier molecular flexibility index (Phi) is 2.81. The maximum absolute atomic E-state index is 13.9. The Balaban J connectivity index is 1.79. The van der Waals surface area contributed by atoms with E-state index in [2.05, 4.69) is 0 Å². The maximum atomic E-state index is 13.9. The molecule has 2 saturated carbocycles. The molecular formula is C15H19FO2. The van der Waals surface area contributed by atoms with E-state index in [9.17, 15) is 9.50 Å². The molecule has 2 fully saturated rings. The van der Waals surface area contributed by atoms with E-state index in [0.717, 1.165) is 25.7 Å². The second-order valence-electron chi connectivity index (χ2n) is 5.69. The van der Waals surface area contributed by atoms with Crippen LogP contribution in [-0.4, -0.2) is 17.3 Å². The average Bonchev–Trinajstić information content (AvgIpc) is 2.86. The Morgan fingerprint density at radius 1 is 1.33 bits per heavy atom. The molecule has 0 saturated heterocycles. The van der Waals surface area contributed by atoms with Crippen molar-refractivity contribution in [2.45, 2.75) is 51.2 Å². The van der Waals surface area contributed by atoms with Crippen molar-refractivity contribution in [2.24, 2.45) is 5.41 Å². The molecule has 0 amide bonds. The largest absolute Gasteiger partial charge is 0.487 e. The van der Waals surface area contributed by atoms with Crippen LogP contribution in [0, 0.1) is 18.2 Å². The van der Waals surface area contributed by atoms with Crippen LogP contribution >= 0.6 is 0 Å². The van der Waals surface area contributed by atoms with E-state index < -0.39 is 0 Å². The zero-order valence-electron chi connectivity index (χ0n) is 10.7. The topological polar surface area (TPSA) is 29.5 Å². The first-order chi connectivity index (χ1) is 8.63. The van der Waals surface area contributed by atoms with Gasteiger partial charge in [0.1, 0.15) is 6.10 Å².